The molecule has 4 heteroatoms. The molecule has 7 aromatic rings. The molecule has 0 saturated carbocycles. The summed E-state index contributed by atoms with van der Waals surface area (Å²) in [6.45, 7) is 0. The van der Waals surface area contributed by atoms with Crippen LogP contribution in [0.25, 0.3) is 67.3 Å². The number of hydrogen-bond acceptors (Lipinski definition) is 4. The largest absolute Gasteiger partial charge is 0.260 e. The summed E-state index contributed by atoms with van der Waals surface area (Å²) in [5.41, 5.74) is 12.0. The molecule has 4 aromatic carbocycles. The molecule has 3 heterocycles. The number of aromatic nitrogens is 4. The molecule has 198 valence electrons. The quantitative estimate of drug-likeness (QED) is 0.212. The van der Waals surface area contributed by atoms with Crippen molar-refractivity contribution in [2.45, 2.75) is 0 Å². The van der Waals surface area contributed by atoms with Crippen molar-refractivity contribution in [3.63, 3.8) is 0 Å². The van der Waals surface area contributed by atoms with Gasteiger partial charge in [-0.1, -0.05) is 109 Å². The molecule has 0 spiro atoms. The van der Waals surface area contributed by atoms with Crippen molar-refractivity contribution in [3.8, 4) is 67.3 Å². The van der Waals surface area contributed by atoms with Gasteiger partial charge in [0.2, 0.25) is 0 Å². The molecule has 0 radical (unpaired) electrons. The highest BCUT2D eigenvalue weighted by molar-refractivity contribution is 5.84. The zero-order valence-corrected chi connectivity index (χ0v) is 22.8. The molecule has 0 aliphatic rings. The Labute approximate surface area is 245 Å². The van der Waals surface area contributed by atoms with Crippen molar-refractivity contribution in [3.05, 3.63) is 158 Å². The number of benzene rings is 4. The monoisotopic (exact) mass is 538 g/mol. The lowest BCUT2D eigenvalue weighted by molar-refractivity contribution is 1.21. The summed E-state index contributed by atoms with van der Waals surface area (Å²) in [6, 6.07) is 45.5. The van der Waals surface area contributed by atoms with Crippen molar-refractivity contribution in [1.29, 1.82) is 0 Å². The number of hydrogen-bond donors (Lipinski definition) is 0. The second kappa shape index (κ2) is 11.4. The molecule has 0 atom stereocenters. The summed E-state index contributed by atoms with van der Waals surface area (Å²) in [4.78, 5) is 19.0. The van der Waals surface area contributed by atoms with Gasteiger partial charge in [0.25, 0.3) is 0 Å². The molecule has 3 aromatic heterocycles. The van der Waals surface area contributed by atoms with Gasteiger partial charge in [-0.05, 0) is 41.0 Å². The Hall–Kier alpha value is -5.74. The molecular weight excluding hydrogens is 512 g/mol. The molecule has 0 unspecified atom stereocenters. The van der Waals surface area contributed by atoms with Gasteiger partial charge in [-0.25, -0.2) is 4.98 Å². The van der Waals surface area contributed by atoms with Crippen LogP contribution in [-0.4, -0.2) is 19.9 Å². The van der Waals surface area contributed by atoms with E-state index in [9.17, 15) is 0 Å². The van der Waals surface area contributed by atoms with Gasteiger partial charge in [0, 0.05) is 40.2 Å². The van der Waals surface area contributed by atoms with Crippen LogP contribution in [-0.2, 0) is 0 Å². The van der Waals surface area contributed by atoms with Crippen molar-refractivity contribution in [2.24, 2.45) is 0 Å². The van der Waals surface area contributed by atoms with E-state index in [2.05, 4.69) is 94.9 Å². The zero-order valence-electron chi connectivity index (χ0n) is 22.8. The average molecular weight is 539 g/mol. The summed E-state index contributed by atoms with van der Waals surface area (Å²) < 4.78 is 0. The van der Waals surface area contributed by atoms with Gasteiger partial charge in [0.05, 0.1) is 35.2 Å². The third-order valence-electron chi connectivity index (χ3n) is 7.30. The number of rotatable bonds is 6. The Balaban J connectivity index is 1.21. The second-order valence-corrected chi connectivity index (χ2v) is 10.0. The van der Waals surface area contributed by atoms with Crippen molar-refractivity contribution >= 4 is 0 Å². The van der Waals surface area contributed by atoms with E-state index in [4.69, 9.17) is 9.97 Å². The summed E-state index contributed by atoms with van der Waals surface area (Å²) in [5, 5.41) is 0. The second-order valence-electron chi connectivity index (χ2n) is 10.0. The fourth-order valence-electron chi connectivity index (χ4n) is 5.16. The molecular formula is C38H26N4. The minimum absolute atomic E-state index is 0.817. The Bertz CT molecular complexity index is 1970. The zero-order chi connectivity index (χ0) is 28.1. The first-order valence-electron chi connectivity index (χ1n) is 13.9. The van der Waals surface area contributed by atoms with E-state index >= 15 is 0 Å². The van der Waals surface area contributed by atoms with Crippen LogP contribution in [0, 0.1) is 0 Å². The van der Waals surface area contributed by atoms with Crippen LogP contribution >= 0.6 is 0 Å². The standard InChI is InChI=1S/C38H26N4/c1-3-10-27(11-4-1)35-19-18-32(24-41-35)29-14-9-15-31(22-29)37-25-39-26-38(42-37)34-17-8-7-16-33(34)30-20-21-40-36(23-30)28-12-5-2-6-13-28/h1-26H. The fourth-order valence-corrected chi connectivity index (χ4v) is 5.16. The highest BCUT2D eigenvalue weighted by atomic mass is 14.8. The Morgan fingerprint density at radius 2 is 1.00 bits per heavy atom. The SMILES string of the molecule is c1ccc(-c2ccc(-c3cccc(-c4cncc(-c5ccccc5-c5ccnc(-c6ccccc6)c5)n4)c3)cn2)cc1. The van der Waals surface area contributed by atoms with Crippen LogP contribution in [0.2, 0.25) is 0 Å². The highest BCUT2D eigenvalue weighted by Crippen LogP contribution is 2.34. The molecule has 0 aliphatic carbocycles. The topological polar surface area (TPSA) is 51.6 Å². The van der Waals surface area contributed by atoms with Crippen molar-refractivity contribution in [2.75, 3.05) is 0 Å². The van der Waals surface area contributed by atoms with Crippen LogP contribution in [0.3, 0.4) is 0 Å². The van der Waals surface area contributed by atoms with Gasteiger partial charge in [0.15, 0.2) is 0 Å². The van der Waals surface area contributed by atoms with E-state index in [0.717, 1.165) is 67.3 Å². The van der Waals surface area contributed by atoms with Gasteiger partial charge in [0.1, 0.15) is 0 Å². The van der Waals surface area contributed by atoms with E-state index in [1.807, 2.05) is 73.3 Å². The van der Waals surface area contributed by atoms with Crippen LogP contribution < -0.4 is 0 Å². The van der Waals surface area contributed by atoms with Crippen molar-refractivity contribution in [1.82, 2.24) is 19.9 Å². The highest BCUT2D eigenvalue weighted by Gasteiger charge is 2.12. The third-order valence-corrected chi connectivity index (χ3v) is 7.30. The fraction of sp³-hybridized carbons (Fsp3) is 0. The minimum atomic E-state index is 0.817. The molecule has 0 amide bonds. The lowest BCUT2D eigenvalue weighted by Gasteiger charge is -2.12. The van der Waals surface area contributed by atoms with E-state index in [0.29, 0.717) is 0 Å². The van der Waals surface area contributed by atoms with Gasteiger partial charge < -0.3 is 0 Å². The molecule has 0 bridgehead atoms. The first-order chi connectivity index (χ1) is 20.8. The molecule has 0 N–H and O–H groups in total. The predicted molar refractivity (Wildman–Crippen MR) is 170 cm³/mol. The Kier molecular flexibility index (Phi) is 6.85. The van der Waals surface area contributed by atoms with Gasteiger partial charge in [-0.3, -0.25) is 15.0 Å². The summed E-state index contributed by atoms with van der Waals surface area (Å²) in [5.74, 6) is 0. The maximum atomic E-state index is 5.07. The molecule has 0 aliphatic heterocycles. The summed E-state index contributed by atoms with van der Waals surface area (Å²) in [7, 11) is 0. The summed E-state index contributed by atoms with van der Waals surface area (Å²) in [6.07, 6.45) is 7.45. The van der Waals surface area contributed by atoms with E-state index in [1.165, 1.54) is 0 Å². The van der Waals surface area contributed by atoms with Crippen LogP contribution in [0.15, 0.2) is 158 Å². The summed E-state index contributed by atoms with van der Waals surface area (Å²) >= 11 is 0. The first-order valence-corrected chi connectivity index (χ1v) is 13.9. The lowest BCUT2D eigenvalue weighted by atomic mass is 9.97. The third kappa shape index (κ3) is 5.21. The average Bonchev–Trinajstić information content (AvgIpc) is 3.09. The maximum Gasteiger partial charge on any atom is 0.0898 e. The number of pyridine rings is 2. The van der Waals surface area contributed by atoms with Crippen LogP contribution in [0.1, 0.15) is 0 Å². The molecule has 4 nitrogen and oxygen atoms in total. The van der Waals surface area contributed by atoms with Crippen LogP contribution in [0.4, 0.5) is 0 Å². The molecule has 0 fully saturated rings. The molecule has 7 rings (SSSR count). The van der Waals surface area contributed by atoms with Gasteiger partial charge in [-0.15, -0.1) is 0 Å². The molecule has 0 saturated heterocycles. The normalized spacial score (nSPS) is 10.9. The van der Waals surface area contributed by atoms with Crippen LogP contribution in [0.5, 0.6) is 0 Å². The smallest absolute Gasteiger partial charge is 0.0898 e. The lowest BCUT2D eigenvalue weighted by Crippen LogP contribution is -1.93. The van der Waals surface area contributed by atoms with Crippen molar-refractivity contribution < 1.29 is 0 Å². The van der Waals surface area contributed by atoms with E-state index < -0.39 is 0 Å². The Morgan fingerprint density at radius 1 is 0.333 bits per heavy atom. The molecule has 42 heavy (non-hydrogen) atoms. The first kappa shape index (κ1) is 25.2. The number of nitrogens with zero attached hydrogens (tertiary/aromatic N) is 4. The maximum absolute atomic E-state index is 5.07. The van der Waals surface area contributed by atoms with Gasteiger partial charge >= 0.3 is 0 Å². The van der Waals surface area contributed by atoms with E-state index in [1.54, 1.807) is 0 Å². The Morgan fingerprint density at radius 3 is 1.76 bits per heavy atom. The minimum Gasteiger partial charge on any atom is -0.260 e. The van der Waals surface area contributed by atoms with Gasteiger partial charge in [-0.2, -0.15) is 0 Å². The van der Waals surface area contributed by atoms with E-state index in [-0.39, 0.29) is 0 Å². The predicted octanol–water partition coefficient (Wildman–Crippen LogP) is 9.27.